The zero-order valence-electron chi connectivity index (χ0n) is 11.3. The zero-order valence-corrected chi connectivity index (χ0v) is 11.3. The Morgan fingerprint density at radius 2 is 2.11 bits per heavy atom. The smallest absolute Gasteiger partial charge is 0.237 e. The van der Waals surface area contributed by atoms with Gasteiger partial charge in [-0.1, -0.05) is 31.5 Å². The Hall–Kier alpha value is -1.55. The summed E-state index contributed by atoms with van der Waals surface area (Å²) < 4.78 is 5.27. The van der Waals surface area contributed by atoms with E-state index in [1.807, 2.05) is 38.1 Å². The summed E-state index contributed by atoms with van der Waals surface area (Å²) in [4.78, 5) is 11.8. The van der Waals surface area contributed by atoms with Gasteiger partial charge in [-0.25, -0.2) is 0 Å². The van der Waals surface area contributed by atoms with Crippen LogP contribution in [0.25, 0.3) is 0 Å². The van der Waals surface area contributed by atoms with Crippen LogP contribution in [0.15, 0.2) is 24.3 Å². The average molecular weight is 250 g/mol. The van der Waals surface area contributed by atoms with Crippen molar-refractivity contribution >= 4 is 5.91 Å². The standard InChI is InChI=1S/C14H22N2O2/c1-4-7-12(15)14(17)16-10(2)11-8-5-6-9-13(11)18-3/h5-6,8-10,12H,4,7,15H2,1-3H3,(H,16,17)/t10-,12?/m1/s1. The number of ether oxygens (including phenoxy) is 1. The molecule has 4 nitrogen and oxygen atoms in total. The largest absolute Gasteiger partial charge is 0.496 e. The lowest BCUT2D eigenvalue weighted by Gasteiger charge is -2.19. The first-order valence-corrected chi connectivity index (χ1v) is 6.29. The number of carbonyl (C=O) groups excluding carboxylic acids is 1. The van der Waals surface area contributed by atoms with Crippen LogP contribution in [-0.4, -0.2) is 19.1 Å². The van der Waals surface area contributed by atoms with Crippen molar-refractivity contribution in [3.63, 3.8) is 0 Å². The number of para-hydroxylation sites is 1. The second-order valence-corrected chi connectivity index (χ2v) is 4.37. The molecular formula is C14H22N2O2. The lowest BCUT2D eigenvalue weighted by atomic mass is 10.1. The summed E-state index contributed by atoms with van der Waals surface area (Å²) in [5.74, 6) is 0.657. The van der Waals surface area contributed by atoms with Gasteiger partial charge in [0, 0.05) is 5.56 Å². The third kappa shape index (κ3) is 3.74. The Morgan fingerprint density at radius 1 is 1.44 bits per heavy atom. The molecule has 0 aliphatic rings. The highest BCUT2D eigenvalue weighted by atomic mass is 16.5. The SMILES string of the molecule is CCCC(N)C(=O)N[C@H](C)c1ccccc1OC. The van der Waals surface area contributed by atoms with Crippen molar-refractivity contribution in [2.45, 2.75) is 38.8 Å². The van der Waals surface area contributed by atoms with Crippen LogP contribution in [0.5, 0.6) is 5.75 Å². The summed E-state index contributed by atoms with van der Waals surface area (Å²) in [5.41, 5.74) is 6.74. The normalized spacial score (nSPS) is 13.8. The molecule has 1 amide bonds. The van der Waals surface area contributed by atoms with Crippen molar-refractivity contribution in [3.05, 3.63) is 29.8 Å². The molecule has 0 aliphatic carbocycles. The molecule has 1 aromatic carbocycles. The second kappa shape index (κ2) is 7.01. The topological polar surface area (TPSA) is 64.4 Å². The van der Waals surface area contributed by atoms with E-state index < -0.39 is 6.04 Å². The molecule has 0 aliphatic heterocycles. The van der Waals surface area contributed by atoms with Gasteiger partial charge in [0.15, 0.2) is 0 Å². The van der Waals surface area contributed by atoms with E-state index in [1.165, 1.54) is 0 Å². The second-order valence-electron chi connectivity index (χ2n) is 4.37. The van der Waals surface area contributed by atoms with Crippen molar-refractivity contribution < 1.29 is 9.53 Å². The Kier molecular flexibility index (Phi) is 5.65. The average Bonchev–Trinajstić information content (AvgIpc) is 2.38. The third-order valence-electron chi connectivity index (χ3n) is 2.90. The fourth-order valence-corrected chi connectivity index (χ4v) is 1.86. The molecular weight excluding hydrogens is 228 g/mol. The van der Waals surface area contributed by atoms with Gasteiger partial charge in [-0.15, -0.1) is 0 Å². The van der Waals surface area contributed by atoms with Gasteiger partial charge in [-0.05, 0) is 19.4 Å². The maximum absolute atomic E-state index is 11.8. The van der Waals surface area contributed by atoms with Crippen LogP contribution in [-0.2, 0) is 4.79 Å². The number of methoxy groups -OCH3 is 1. The van der Waals surface area contributed by atoms with Gasteiger partial charge in [-0.3, -0.25) is 4.79 Å². The van der Waals surface area contributed by atoms with Crippen molar-refractivity contribution in [2.24, 2.45) is 5.73 Å². The zero-order chi connectivity index (χ0) is 13.5. The maximum atomic E-state index is 11.8. The van der Waals surface area contributed by atoms with Crippen molar-refractivity contribution in [1.82, 2.24) is 5.32 Å². The summed E-state index contributed by atoms with van der Waals surface area (Å²) in [6.45, 7) is 3.94. The predicted octanol–water partition coefficient (Wildman–Crippen LogP) is 2.00. The first-order valence-electron chi connectivity index (χ1n) is 6.29. The van der Waals surface area contributed by atoms with E-state index >= 15 is 0 Å². The van der Waals surface area contributed by atoms with E-state index in [1.54, 1.807) is 7.11 Å². The molecule has 18 heavy (non-hydrogen) atoms. The van der Waals surface area contributed by atoms with E-state index in [4.69, 9.17) is 10.5 Å². The molecule has 3 N–H and O–H groups in total. The monoisotopic (exact) mass is 250 g/mol. The fourth-order valence-electron chi connectivity index (χ4n) is 1.86. The summed E-state index contributed by atoms with van der Waals surface area (Å²) >= 11 is 0. The third-order valence-corrected chi connectivity index (χ3v) is 2.90. The number of benzene rings is 1. The molecule has 0 radical (unpaired) electrons. The van der Waals surface area contributed by atoms with Crippen LogP contribution in [0.2, 0.25) is 0 Å². The maximum Gasteiger partial charge on any atom is 0.237 e. The summed E-state index contributed by atoms with van der Waals surface area (Å²) in [6.07, 6.45) is 1.60. The molecule has 1 rings (SSSR count). The number of hydrogen-bond donors (Lipinski definition) is 2. The molecule has 1 unspecified atom stereocenters. The first kappa shape index (κ1) is 14.5. The van der Waals surface area contributed by atoms with Crippen LogP contribution in [0.1, 0.15) is 38.3 Å². The minimum absolute atomic E-state index is 0.114. The van der Waals surface area contributed by atoms with Crippen LogP contribution in [0, 0.1) is 0 Å². The molecule has 0 spiro atoms. The number of amides is 1. The first-order chi connectivity index (χ1) is 8.60. The van der Waals surface area contributed by atoms with Gasteiger partial charge in [0.25, 0.3) is 0 Å². The highest BCUT2D eigenvalue weighted by molar-refractivity contribution is 5.81. The van der Waals surface area contributed by atoms with Gasteiger partial charge < -0.3 is 15.8 Å². The van der Waals surface area contributed by atoms with Crippen LogP contribution in [0.3, 0.4) is 0 Å². The highest BCUT2D eigenvalue weighted by Crippen LogP contribution is 2.24. The summed E-state index contributed by atoms with van der Waals surface area (Å²) in [5, 5.41) is 2.91. The minimum Gasteiger partial charge on any atom is -0.496 e. The summed E-state index contributed by atoms with van der Waals surface area (Å²) in [6, 6.07) is 7.09. The van der Waals surface area contributed by atoms with E-state index in [9.17, 15) is 4.79 Å². The number of hydrogen-bond acceptors (Lipinski definition) is 3. The van der Waals surface area contributed by atoms with E-state index in [0.29, 0.717) is 6.42 Å². The van der Waals surface area contributed by atoms with Crippen molar-refractivity contribution in [3.8, 4) is 5.75 Å². The quantitative estimate of drug-likeness (QED) is 0.811. The minimum atomic E-state index is -0.438. The molecule has 1 aromatic rings. The highest BCUT2D eigenvalue weighted by Gasteiger charge is 2.17. The van der Waals surface area contributed by atoms with Gasteiger partial charge in [-0.2, -0.15) is 0 Å². The van der Waals surface area contributed by atoms with Crippen LogP contribution >= 0.6 is 0 Å². The van der Waals surface area contributed by atoms with E-state index in [2.05, 4.69) is 5.32 Å². The van der Waals surface area contributed by atoms with Crippen molar-refractivity contribution in [2.75, 3.05) is 7.11 Å². The van der Waals surface area contributed by atoms with Gasteiger partial charge in [0.1, 0.15) is 5.75 Å². The molecule has 4 heteroatoms. The lowest BCUT2D eigenvalue weighted by Crippen LogP contribution is -2.41. The Bertz CT molecular complexity index is 393. The Morgan fingerprint density at radius 3 is 2.72 bits per heavy atom. The van der Waals surface area contributed by atoms with Gasteiger partial charge in [0.2, 0.25) is 5.91 Å². The number of nitrogens with one attached hydrogen (secondary N) is 1. The summed E-state index contributed by atoms with van der Waals surface area (Å²) in [7, 11) is 1.62. The van der Waals surface area contributed by atoms with Gasteiger partial charge in [0.05, 0.1) is 19.2 Å². The molecule has 0 saturated carbocycles. The molecule has 100 valence electrons. The van der Waals surface area contributed by atoms with E-state index in [-0.39, 0.29) is 11.9 Å². The van der Waals surface area contributed by atoms with Gasteiger partial charge >= 0.3 is 0 Å². The predicted molar refractivity (Wildman–Crippen MR) is 72.4 cm³/mol. The van der Waals surface area contributed by atoms with Crippen LogP contribution in [0.4, 0.5) is 0 Å². The molecule has 0 saturated heterocycles. The number of rotatable bonds is 6. The number of carbonyl (C=O) groups is 1. The molecule has 2 atom stereocenters. The Balaban J connectivity index is 2.70. The number of nitrogens with two attached hydrogens (primary N) is 1. The fraction of sp³-hybridized carbons (Fsp3) is 0.500. The molecule has 0 aromatic heterocycles. The lowest BCUT2D eigenvalue weighted by molar-refractivity contribution is -0.123. The molecule has 0 bridgehead atoms. The Labute approximate surface area is 109 Å². The van der Waals surface area contributed by atoms with Crippen LogP contribution < -0.4 is 15.8 Å². The van der Waals surface area contributed by atoms with Crippen molar-refractivity contribution in [1.29, 1.82) is 0 Å². The molecule has 0 heterocycles. The van der Waals surface area contributed by atoms with E-state index in [0.717, 1.165) is 17.7 Å². The molecule has 0 fully saturated rings.